The van der Waals surface area contributed by atoms with Crippen LogP contribution in [0.15, 0.2) is 48.5 Å². The van der Waals surface area contributed by atoms with Crippen molar-refractivity contribution in [3.8, 4) is 11.3 Å². The fraction of sp³-hybridized carbons (Fsp3) is 0. The summed E-state index contributed by atoms with van der Waals surface area (Å²) in [6.07, 6.45) is 0. The Bertz CT molecular complexity index is 862. The lowest BCUT2D eigenvalue weighted by Gasteiger charge is -2.07. The maximum atomic E-state index is 11.0. The minimum Gasteiger partial charge on any atom is -0.477 e. The molecule has 1 aromatic heterocycles. The van der Waals surface area contributed by atoms with Crippen molar-refractivity contribution in [2.75, 3.05) is 5.73 Å². The summed E-state index contributed by atoms with van der Waals surface area (Å²) in [7, 11) is 0. The first-order valence-electron chi connectivity index (χ1n) is 6.25. The van der Waals surface area contributed by atoms with Gasteiger partial charge in [-0.2, -0.15) is 0 Å². The molecular formula is C16H11ClN2O2. The van der Waals surface area contributed by atoms with Crippen LogP contribution in [0.2, 0.25) is 5.02 Å². The van der Waals surface area contributed by atoms with E-state index in [4.69, 9.17) is 22.4 Å². The molecule has 3 rings (SSSR count). The summed E-state index contributed by atoms with van der Waals surface area (Å²) in [6.45, 7) is 0. The smallest absolute Gasteiger partial charge is 0.354 e. The monoisotopic (exact) mass is 298 g/mol. The van der Waals surface area contributed by atoms with Crippen LogP contribution in [0.4, 0.5) is 5.69 Å². The molecule has 0 fully saturated rings. The van der Waals surface area contributed by atoms with Crippen LogP contribution in [0.3, 0.4) is 0 Å². The number of benzene rings is 2. The highest BCUT2D eigenvalue weighted by molar-refractivity contribution is 6.36. The Hall–Kier alpha value is -2.59. The third-order valence-corrected chi connectivity index (χ3v) is 3.59. The Kier molecular flexibility index (Phi) is 3.23. The van der Waals surface area contributed by atoms with E-state index >= 15 is 0 Å². The number of carboxylic acids is 1. The van der Waals surface area contributed by atoms with Crippen LogP contribution in [-0.4, -0.2) is 16.1 Å². The van der Waals surface area contributed by atoms with Gasteiger partial charge in [0.25, 0.3) is 0 Å². The van der Waals surface area contributed by atoms with Crippen LogP contribution < -0.4 is 5.73 Å². The van der Waals surface area contributed by atoms with E-state index in [2.05, 4.69) is 4.98 Å². The number of carboxylic acid groups (broad SMARTS) is 1. The zero-order valence-electron chi connectivity index (χ0n) is 10.9. The highest BCUT2D eigenvalue weighted by atomic mass is 35.5. The number of halogens is 1. The molecule has 0 aliphatic rings. The number of anilines is 1. The minimum atomic E-state index is -1.06. The predicted molar refractivity (Wildman–Crippen MR) is 83.6 cm³/mol. The van der Waals surface area contributed by atoms with Gasteiger partial charge in [-0.3, -0.25) is 0 Å². The Labute approximate surface area is 125 Å². The maximum absolute atomic E-state index is 11.0. The van der Waals surface area contributed by atoms with Crippen molar-refractivity contribution >= 4 is 34.0 Å². The Morgan fingerprint density at radius 3 is 2.67 bits per heavy atom. The van der Waals surface area contributed by atoms with E-state index in [1.54, 1.807) is 24.3 Å². The molecule has 0 saturated carbocycles. The molecule has 2 aromatic carbocycles. The van der Waals surface area contributed by atoms with Gasteiger partial charge in [-0.05, 0) is 30.3 Å². The molecule has 3 aromatic rings. The molecule has 0 spiro atoms. The van der Waals surface area contributed by atoms with Crippen molar-refractivity contribution in [1.82, 2.24) is 4.98 Å². The number of hydrogen-bond donors (Lipinski definition) is 2. The molecule has 0 aliphatic carbocycles. The van der Waals surface area contributed by atoms with E-state index in [0.717, 1.165) is 16.3 Å². The van der Waals surface area contributed by atoms with E-state index < -0.39 is 5.97 Å². The summed E-state index contributed by atoms with van der Waals surface area (Å²) in [4.78, 5) is 15.1. The number of hydrogen-bond acceptors (Lipinski definition) is 3. The highest BCUT2D eigenvalue weighted by Crippen LogP contribution is 2.31. The molecule has 0 amide bonds. The normalized spacial score (nSPS) is 10.7. The van der Waals surface area contributed by atoms with Crippen molar-refractivity contribution in [3.63, 3.8) is 0 Å². The van der Waals surface area contributed by atoms with Crippen LogP contribution >= 0.6 is 11.6 Å². The Morgan fingerprint density at radius 2 is 1.90 bits per heavy atom. The third kappa shape index (κ3) is 2.41. The van der Waals surface area contributed by atoms with Gasteiger partial charge in [0.1, 0.15) is 5.69 Å². The SMILES string of the molecule is Nc1ccc(Cl)c2ccc(-c3cccc(C(=O)O)n3)cc12. The number of aromatic carboxylic acids is 1. The summed E-state index contributed by atoms with van der Waals surface area (Å²) >= 11 is 6.15. The Morgan fingerprint density at radius 1 is 1.10 bits per heavy atom. The van der Waals surface area contributed by atoms with Gasteiger partial charge in [-0.15, -0.1) is 0 Å². The van der Waals surface area contributed by atoms with Gasteiger partial charge in [0.15, 0.2) is 0 Å². The first-order valence-corrected chi connectivity index (χ1v) is 6.62. The van der Waals surface area contributed by atoms with Crippen molar-refractivity contribution in [2.24, 2.45) is 0 Å². The number of pyridine rings is 1. The van der Waals surface area contributed by atoms with Crippen molar-refractivity contribution in [1.29, 1.82) is 0 Å². The molecule has 0 aliphatic heterocycles. The van der Waals surface area contributed by atoms with Gasteiger partial charge in [0, 0.05) is 27.0 Å². The van der Waals surface area contributed by atoms with Crippen LogP contribution in [0, 0.1) is 0 Å². The van der Waals surface area contributed by atoms with Crippen LogP contribution in [0.25, 0.3) is 22.0 Å². The second-order valence-electron chi connectivity index (χ2n) is 4.61. The Balaban J connectivity index is 2.20. The molecular weight excluding hydrogens is 288 g/mol. The van der Waals surface area contributed by atoms with Gasteiger partial charge in [-0.25, -0.2) is 9.78 Å². The molecule has 0 saturated heterocycles. The van der Waals surface area contributed by atoms with Crippen molar-refractivity contribution in [2.45, 2.75) is 0 Å². The molecule has 0 unspecified atom stereocenters. The van der Waals surface area contributed by atoms with Crippen molar-refractivity contribution in [3.05, 3.63) is 59.2 Å². The number of fused-ring (bicyclic) bond motifs is 1. The molecule has 0 radical (unpaired) electrons. The minimum absolute atomic E-state index is 0.00617. The van der Waals surface area contributed by atoms with Crippen LogP contribution in [0.5, 0.6) is 0 Å². The number of aromatic nitrogens is 1. The molecule has 0 bridgehead atoms. The lowest BCUT2D eigenvalue weighted by Crippen LogP contribution is -2.00. The second kappa shape index (κ2) is 5.07. The third-order valence-electron chi connectivity index (χ3n) is 3.26. The maximum Gasteiger partial charge on any atom is 0.354 e. The van der Waals surface area contributed by atoms with Gasteiger partial charge >= 0.3 is 5.97 Å². The van der Waals surface area contributed by atoms with Gasteiger partial charge < -0.3 is 10.8 Å². The topological polar surface area (TPSA) is 76.2 Å². The molecule has 5 heteroatoms. The van der Waals surface area contributed by atoms with Crippen LogP contribution in [-0.2, 0) is 0 Å². The van der Waals surface area contributed by atoms with E-state index in [9.17, 15) is 4.79 Å². The number of nitrogen functional groups attached to an aromatic ring is 1. The molecule has 21 heavy (non-hydrogen) atoms. The fourth-order valence-corrected chi connectivity index (χ4v) is 2.44. The zero-order chi connectivity index (χ0) is 15.0. The summed E-state index contributed by atoms with van der Waals surface area (Å²) in [6, 6.07) is 14.0. The van der Waals surface area contributed by atoms with Crippen molar-refractivity contribution < 1.29 is 9.90 Å². The largest absolute Gasteiger partial charge is 0.477 e. The fourth-order valence-electron chi connectivity index (χ4n) is 2.21. The van der Waals surface area contributed by atoms with Gasteiger partial charge in [0.2, 0.25) is 0 Å². The standard InChI is InChI=1S/C16H11ClN2O2/c17-12-6-7-13(18)11-8-9(4-5-10(11)12)14-2-1-3-15(19-14)16(20)21/h1-8H,18H2,(H,20,21). The number of rotatable bonds is 2. The predicted octanol–water partition coefficient (Wildman–Crippen LogP) is 3.84. The zero-order valence-corrected chi connectivity index (χ0v) is 11.6. The highest BCUT2D eigenvalue weighted by Gasteiger charge is 2.09. The molecule has 104 valence electrons. The molecule has 4 nitrogen and oxygen atoms in total. The second-order valence-corrected chi connectivity index (χ2v) is 5.02. The van der Waals surface area contributed by atoms with Crippen LogP contribution in [0.1, 0.15) is 10.5 Å². The molecule has 3 N–H and O–H groups in total. The number of nitrogens with zero attached hydrogens (tertiary/aromatic N) is 1. The van der Waals surface area contributed by atoms with E-state index in [-0.39, 0.29) is 5.69 Å². The lowest BCUT2D eigenvalue weighted by atomic mass is 10.0. The van der Waals surface area contributed by atoms with E-state index in [1.165, 1.54) is 6.07 Å². The van der Waals surface area contributed by atoms with E-state index in [0.29, 0.717) is 16.4 Å². The summed E-state index contributed by atoms with van der Waals surface area (Å²) < 4.78 is 0. The number of carbonyl (C=O) groups is 1. The summed E-state index contributed by atoms with van der Waals surface area (Å²) in [5, 5.41) is 11.3. The summed E-state index contributed by atoms with van der Waals surface area (Å²) in [5.74, 6) is -1.06. The lowest BCUT2D eigenvalue weighted by molar-refractivity contribution is 0.0690. The molecule has 1 heterocycles. The summed E-state index contributed by atoms with van der Waals surface area (Å²) in [5.41, 5.74) is 7.97. The van der Waals surface area contributed by atoms with Gasteiger partial charge in [-0.1, -0.05) is 29.8 Å². The quantitative estimate of drug-likeness (QED) is 0.705. The average molecular weight is 299 g/mol. The molecule has 0 atom stereocenters. The first kappa shape index (κ1) is 13.4. The first-order chi connectivity index (χ1) is 10.1. The average Bonchev–Trinajstić information content (AvgIpc) is 2.51. The van der Waals surface area contributed by atoms with E-state index in [1.807, 2.05) is 18.2 Å². The van der Waals surface area contributed by atoms with Gasteiger partial charge in [0.05, 0.1) is 5.69 Å². The number of nitrogens with two attached hydrogens (primary N) is 1.